The third-order valence-electron chi connectivity index (χ3n) is 1.20. The normalized spacial score (nSPS) is 26.2. The molecule has 1 heterocycles. The van der Waals surface area contributed by atoms with Crippen molar-refractivity contribution < 1.29 is 9.59 Å². The smallest absolute Gasteiger partial charge is 0.211 e. The summed E-state index contributed by atoms with van der Waals surface area (Å²) in [7, 11) is 0. The van der Waals surface area contributed by atoms with Gasteiger partial charge < -0.3 is 5.32 Å². The summed E-state index contributed by atoms with van der Waals surface area (Å²) in [6.45, 7) is 0. The van der Waals surface area contributed by atoms with Crippen LogP contribution in [0, 0.1) is 0 Å². The molecule has 0 radical (unpaired) electrons. The highest BCUT2D eigenvalue weighted by Gasteiger charge is 2.23. The highest BCUT2D eigenvalue weighted by atomic mass is 32.2. The Kier molecular flexibility index (Phi) is 2.10. The largest absolute Gasteiger partial charge is 0.348 e. The Balaban J connectivity index is 2.39. The first-order valence-electron chi connectivity index (χ1n) is 2.71. The zero-order chi connectivity index (χ0) is 6.69. The fourth-order valence-electron chi connectivity index (χ4n) is 0.729. The van der Waals surface area contributed by atoms with Crippen LogP contribution in [0.15, 0.2) is 0 Å². The van der Waals surface area contributed by atoms with Gasteiger partial charge in [-0.2, -0.15) is 0 Å². The second kappa shape index (κ2) is 2.87. The van der Waals surface area contributed by atoms with E-state index in [-0.39, 0.29) is 11.2 Å². The van der Waals surface area contributed by atoms with Gasteiger partial charge in [-0.3, -0.25) is 9.59 Å². The molecule has 0 bridgehead atoms. The van der Waals surface area contributed by atoms with Crippen molar-refractivity contribution in [3.8, 4) is 0 Å². The second-order valence-corrected chi connectivity index (χ2v) is 2.89. The van der Waals surface area contributed by atoms with Crippen LogP contribution in [0.1, 0.15) is 6.42 Å². The molecule has 50 valence electrons. The average Bonchev–Trinajstić information content (AvgIpc) is 2.18. The fourth-order valence-corrected chi connectivity index (χ4v) is 1.67. The molecule has 1 rings (SSSR count). The molecular weight excluding hydrogens is 138 g/mol. The number of amides is 1. The van der Waals surface area contributed by atoms with E-state index in [2.05, 4.69) is 5.32 Å². The van der Waals surface area contributed by atoms with E-state index < -0.39 is 0 Å². The third kappa shape index (κ3) is 1.45. The molecule has 1 aliphatic heterocycles. The lowest BCUT2D eigenvalue weighted by molar-refractivity contribution is -0.116. The molecule has 1 saturated heterocycles. The SMILES string of the molecule is O=CNC1CCSC1=O. The molecule has 0 aromatic carbocycles. The predicted molar refractivity (Wildman–Crippen MR) is 35.1 cm³/mol. The molecule has 1 atom stereocenters. The van der Waals surface area contributed by atoms with Gasteiger partial charge in [0.25, 0.3) is 0 Å². The molecular formula is C5H7NO2S. The summed E-state index contributed by atoms with van der Waals surface area (Å²) >= 11 is 1.28. The van der Waals surface area contributed by atoms with Gasteiger partial charge in [-0.05, 0) is 6.42 Å². The molecule has 0 aromatic rings. The molecule has 4 heteroatoms. The van der Waals surface area contributed by atoms with Crippen molar-refractivity contribution in [3.63, 3.8) is 0 Å². The van der Waals surface area contributed by atoms with Gasteiger partial charge >= 0.3 is 0 Å². The van der Waals surface area contributed by atoms with E-state index in [1.807, 2.05) is 0 Å². The van der Waals surface area contributed by atoms with Gasteiger partial charge in [-0.15, -0.1) is 0 Å². The molecule has 0 spiro atoms. The molecule has 1 aliphatic rings. The lowest BCUT2D eigenvalue weighted by Crippen LogP contribution is -2.30. The van der Waals surface area contributed by atoms with Gasteiger partial charge in [-0.25, -0.2) is 0 Å². The Bertz CT molecular complexity index is 137. The number of nitrogens with one attached hydrogen (secondary N) is 1. The zero-order valence-electron chi connectivity index (χ0n) is 4.79. The number of carbonyl (C=O) groups excluding carboxylic acids is 2. The first-order chi connectivity index (χ1) is 4.34. The van der Waals surface area contributed by atoms with Crippen LogP contribution in [0.5, 0.6) is 0 Å². The Labute approximate surface area is 57.2 Å². The van der Waals surface area contributed by atoms with Gasteiger partial charge in [0.15, 0.2) is 0 Å². The number of hydrogen-bond acceptors (Lipinski definition) is 3. The van der Waals surface area contributed by atoms with E-state index in [0.717, 1.165) is 12.2 Å². The van der Waals surface area contributed by atoms with Crippen LogP contribution in [-0.2, 0) is 9.59 Å². The van der Waals surface area contributed by atoms with E-state index in [1.165, 1.54) is 11.8 Å². The van der Waals surface area contributed by atoms with E-state index in [4.69, 9.17) is 0 Å². The molecule has 0 saturated carbocycles. The summed E-state index contributed by atoms with van der Waals surface area (Å²) in [5.74, 6) is 0.838. The lowest BCUT2D eigenvalue weighted by Gasteiger charge is -2.01. The van der Waals surface area contributed by atoms with E-state index in [0.29, 0.717) is 6.41 Å². The number of thioether (sulfide) groups is 1. The summed E-state index contributed by atoms with van der Waals surface area (Å²) < 4.78 is 0. The molecule has 0 aromatic heterocycles. The maximum absolute atomic E-state index is 10.7. The van der Waals surface area contributed by atoms with Crippen LogP contribution in [0.4, 0.5) is 0 Å². The van der Waals surface area contributed by atoms with Crippen molar-refractivity contribution >= 4 is 23.3 Å². The quantitative estimate of drug-likeness (QED) is 0.546. The van der Waals surface area contributed by atoms with Crippen molar-refractivity contribution in [1.29, 1.82) is 0 Å². The highest BCUT2D eigenvalue weighted by Crippen LogP contribution is 2.18. The van der Waals surface area contributed by atoms with Crippen LogP contribution >= 0.6 is 11.8 Å². The predicted octanol–water partition coefficient (Wildman–Crippen LogP) is -0.236. The Morgan fingerprint density at radius 2 is 2.56 bits per heavy atom. The van der Waals surface area contributed by atoms with Crippen molar-refractivity contribution in [2.45, 2.75) is 12.5 Å². The van der Waals surface area contributed by atoms with E-state index >= 15 is 0 Å². The number of hydrogen-bond donors (Lipinski definition) is 1. The fraction of sp³-hybridized carbons (Fsp3) is 0.600. The molecule has 1 N–H and O–H groups in total. The van der Waals surface area contributed by atoms with Crippen molar-refractivity contribution in [2.24, 2.45) is 0 Å². The Hall–Kier alpha value is -0.510. The summed E-state index contributed by atoms with van der Waals surface area (Å²) in [6, 6.07) is -0.215. The van der Waals surface area contributed by atoms with Gasteiger partial charge in [0.05, 0.1) is 6.04 Å². The summed E-state index contributed by atoms with van der Waals surface area (Å²) in [5, 5.41) is 2.53. The maximum Gasteiger partial charge on any atom is 0.211 e. The molecule has 1 amide bonds. The van der Waals surface area contributed by atoms with E-state index in [9.17, 15) is 9.59 Å². The maximum atomic E-state index is 10.7. The Morgan fingerprint density at radius 1 is 1.78 bits per heavy atom. The minimum Gasteiger partial charge on any atom is -0.348 e. The molecule has 9 heavy (non-hydrogen) atoms. The average molecular weight is 145 g/mol. The van der Waals surface area contributed by atoms with Crippen LogP contribution in [0.2, 0.25) is 0 Å². The first-order valence-corrected chi connectivity index (χ1v) is 3.69. The van der Waals surface area contributed by atoms with Crippen molar-refractivity contribution in [2.75, 3.05) is 5.75 Å². The first kappa shape index (κ1) is 6.61. The van der Waals surface area contributed by atoms with Crippen molar-refractivity contribution in [1.82, 2.24) is 5.32 Å². The lowest BCUT2D eigenvalue weighted by atomic mass is 10.3. The van der Waals surface area contributed by atoms with Gasteiger partial charge in [0.2, 0.25) is 11.5 Å². The van der Waals surface area contributed by atoms with Gasteiger partial charge in [0.1, 0.15) is 0 Å². The molecule has 3 nitrogen and oxygen atoms in total. The summed E-state index contributed by atoms with van der Waals surface area (Å²) in [6.07, 6.45) is 1.36. The van der Waals surface area contributed by atoms with Gasteiger partial charge in [-0.1, -0.05) is 11.8 Å². The van der Waals surface area contributed by atoms with Crippen LogP contribution < -0.4 is 5.32 Å². The standard InChI is InChI=1S/C5H7NO2S/c7-3-6-4-1-2-9-5(4)8/h3-4H,1-2H2,(H,6,7). The summed E-state index contributed by atoms with van der Waals surface area (Å²) in [5.41, 5.74) is 0. The van der Waals surface area contributed by atoms with Gasteiger partial charge in [0, 0.05) is 5.75 Å². The van der Waals surface area contributed by atoms with Crippen LogP contribution in [-0.4, -0.2) is 23.3 Å². The zero-order valence-corrected chi connectivity index (χ0v) is 5.61. The highest BCUT2D eigenvalue weighted by molar-refractivity contribution is 8.14. The van der Waals surface area contributed by atoms with Crippen molar-refractivity contribution in [3.05, 3.63) is 0 Å². The topological polar surface area (TPSA) is 46.2 Å². The minimum absolute atomic E-state index is 0.0853. The third-order valence-corrected chi connectivity index (χ3v) is 2.21. The summed E-state index contributed by atoms with van der Waals surface area (Å²) in [4.78, 5) is 20.5. The molecule has 1 unspecified atom stereocenters. The van der Waals surface area contributed by atoms with E-state index in [1.54, 1.807) is 0 Å². The second-order valence-electron chi connectivity index (χ2n) is 1.79. The number of carbonyl (C=O) groups is 2. The van der Waals surface area contributed by atoms with Crippen LogP contribution in [0.3, 0.4) is 0 Å². The molecule has 0 aliphatic carbocycles. The van der Waals surface area contributed by atoms with Crippen LogP contribution in [0.25, 0.3) is 0 Å². The monoisotopic (exact) mass is 145 g/mol. The minimum atomic E-state index is -0.215. The molecule has 1 fully saturated rings. The Morgan fingerprint density at radius 3 is 3.00 bits per heavy atom. The number of rotatable bonds is 2.